The minimum Gasteiger partial charge on any atom is -0.466 e. The topological polar surface area (TPSA) is 26.3 Å². The highest BCUT2D eigenvalue weighted by Crippen LogP contribution is 2.04. The second kappa shape index (κ2) is 8.54. The van der Waals surface area contributed by atoms with Gasteiger partial charge in [0.05, 0.1) is 7.11 Å². The van der Waals surface area contributed by atoms with Crippen molar-refractivity contribution in [3.63, 3.8) is 0 Å². The number of carbonyl (C=O) groups excluding carboxylic acids is 1. The summed E-state index contributed by atoms with van der Waals surface area (Å²) in [5, 5.41) is 0. The molecule has 0 unspecified atom stereocenters. The molecule has 0 bridgehead atoms. The average molecular weight is 196 g/mol. The SMILES string of the molecule is C=C(CC=CCCCCC)C(=O)OC. The van der Waals surface area contributed by atoms with Crippen molar-refractivity contribution >= 4 is 5.97 Å². The number of carbonyl (C=O) groups is 1. The zero-order chi connectivity index (χ0) is 10.8. The Morgan fingerprint density at radius 1 is 1.36 bits per heavy atom. The molecule has 80 valence electrons. The fourth-order valence-electron chi connectivity index (χ4n) is 1.08. The maximum Gasteiger partial charge on any atom is 0.333 e. The van der Waals surface area contributed by atoms with Crippen LogP contribution in [0.15, 0.2) is 24.3 Å². The van der Waals surface area contributed by atoms with Gasteiger partial charge in [0.25, 0.3) is 0 Å². The summed E-state index contributed by atoms with van der Waals surface area (Å²) >= 11 is 0. The zero-order valence-electron chi connectivity index (χ0n) is 9.21. The van der Waals surface area contributed by atoms with Crippen LogP contribution in [0.4, 0.5) is 0 Å². The van der Waals surface area contributed by atoms with Crippen LogP contribution in [0.2, 0.25) is 0 Å². The number of rotatable bonds is 7. The Morgan fingerprint density at radius 3 is 2.64 bits per heavy atom. The monoisotopic (exact) mass is 196 g/mol. The van der Waals surface area contributed by atoms with Crippen LogP contribution in [0.3, 0.4) is 0 Å². The van der Waals surface area contributed by atoms with E-state index in [1.54, 1.807) is 0 Å². The molecule has 2 nitrogen and oxygen atoms in total. The summed E-state index contributed by atoms with van der Waals surface area (Å²) < 4.78 is 4.54. The van der Waals surface area contributed by atoms with E-state index in [9.17, 15) is 4.79 Å². The maximum atomic E-state index is 10.9. The van der Waals surface area contributed by atoms with Crippen molar-refractivity contribution in [1.29, 1.82) is 0 Å². The van der Waals surface area contributed by atoms with Gasteiger partial charge in [-0.2, -0.15) is 0 Å². The largest absolute Gasteiger partial charge is 0.466 e. The molecular formula is C12H20O2. The molecule has 0 radical (unpaired) electrons. The lowest BCUT2D eigenvalue weighted by Gasteiger charge is -1.98. The second-order valence-electron chi connectivity index (χ2n) is 3.27. The molecule has 0 atom stereocenters. The van der Waals surface area contributed by atoms with Crippen molar-refractivity contribution in [2.75, 3.05) is 7.11 Å². The first-order chi connectivity index (χ1) is 6.72. The van der Waals surface area contributed by atoms with Crippen molar-refractivity contribution in [2.45, 2.75) is 39.0 Å². The van der Waals surface area contributed by atoms with Crippen LogP contribution in [-0.2, 0) is 9.53 Å². The van der Waals surface area contributed by atoms with Crippen LogP contribution >= 0.6 is 0 Å². The highest BCUT2D eigenvalue weighted by Gasteiger charge is 2.02. The minimum atomic E-state index is -0.316. The molecule has 0 amide bonds. The first-order valence-corrected chi connectivity index (χ1v) is 5.13. The third-order valence-electron chi connectivity index (χ3n) is 1.98. The molecule has 0 saturated carbocycles. The van der Waals surface area contributed by atoms with Gasteiger partial charge in [0.1, 0.15) is 0 Å². The maximum absolute atomic E-state index is 10.9. The highest BCUT2D eigenvalue weighted by molar-refractivity contribution is 5.87. The Bertz CT molecular complexity index is 204. The average Bonchev–Trinajstić information content (AvgIpc) is 2.21. The molecule has 0 aliphatic heterocycles. The van der Waals surface area contributed by atoms with E-state index < -0.39 is 0 Å². The lowest BCUT2D eigenvalue weighted by atomic mass is 10.1. The van der Waals surface area contributed by atoms with Gasteiger partial charge < -0.3 is 4.74 Å². The van der Waals surface area contributed by atoms with E-state index in [1.165, 1.54) is 26.4 Å². The predicted octanol–water partition coefficient (Wildman–Crippen LogP) is 3.24. The molecule has 0 aromatic rings. The molecule has 0 aliphatic carbocycles. The van der Waals surface area contributed by atoms with E-state index >= 15 is 0 Å². The first-order valence-electron chi connectivity index (χ1n) is 5.13. The van der Waals surface area contributed by atoms with Crippen molar-refractivity contribution in [1.82, 2.24) is 0 Å². The first kappa shape index (κ1) is 12.9. The minimum absolute atomic E-state index is 0.316. The summed E-state index contributed by atoms with van der Waals surface area (Å²) in [5.41, 5.74) is 0.513. The summed E-state index contributed by atoms with van der Waals surface area (Å²) in [7, 11) is 1.37. The molecular weight excluding hydrogens is 176 g/mol. The Hall–Kier alpha value is -1.05. The number of unbranched alkanes of at least 4 members (excludes halogenated alkanes) is 3. The number of methoxy groups -OCH3 is 1. The molecule has 0 aromatic heterocycles. The van der Waals surface area contributed by atoms with Crippen LogP contribution in [0.5, 0.6) is 0 Å². The molecule has 0 fully saturated rings. The lowest BCUT2D eigenvalue weighted by molar-refractivity contribution is -0.136. The Labute approximate surface area is 86.6 Å². The van der Waals surface area contributed by atoms with Gasteiger partial charge in [0, 0.05) is 5.57 Å². The molecule has 0 spiro atoms. The standard InChI is InChI=1S/C12H20O2/c1-4-5-6-7-8-9-10-11(2)12(13)14-3/h8-9H,2,4-7,10H2,1,3H3. The normalized spacial score (nSPS) is 10.4. The summed E-state index contributed by atoms with van der Waals surface area (Å²) in [5.74, 6) is -0.316. The van der Waals surface area contributed by atoms with E-state index in [1.807, 2.05) is 6.08 Å². The predicted molar refractivity (Wildman–Crippen MR) is 59.1 cm³/mol. The fraction of sp³-hybridized carbons (Fsp3) is 0.583. The second-order valence-corrected chi connectivity index (χ2v) is 3.27. The van der Waals surface area contributed by atoms with Crippen molar-refractivity contribution in [2.24, 2.45) is 0 Å². The summed E-state index contributed by atoms with van der Waals surface area (Å²) in [6.45, 7) is 5.82. The molecule has 0 N–H and O–H groups in total. The number of hydrogen-bond acceptors (Lipinski definition) is 2. The lowest BCUT2D eigenvalue weighted by Crippen LogP contribution is -2.02. The molecule has 0 saturated heterocycles. The van der Waals surface area contributed by atoms with E-state index in [0.717, 1.165) is 6.42 Å². The summed E-state index contributed by atoms with van der Waals surface area (Å²) in [4.78, 5) is 10.9. The van der Waals surface area contributed by atoms with Gasteiger partial charge in [-0.25, -0.2) is 4.79 Å². The third kappa shape index (κ3) is 6.46. The number of allylic oxidation sites excluding steroid dienone is 2. The van der Waals surface area contributed by atoms with Gasteiger partial charge in [-0.3, -0.25) is 0 Å². The fourth-order valence-corrected chi connectivity index (χ4v) is 1.08. The van der Waals surface area contributed by atoms with Crippen LogP contribution in [0, 0.1) is 0 Å². The van der Waals surface area contributed by atoms with Crippen molar-refractivity contribution < 1.29 is 9.53 Å². The van der Waals surface area contributed by atoms with Crippen LogP contribution in [-0.4, -0.2) is 13.1 Å². The third-order valence-corrected chi connectivity index (χ3v) is 1.98. The van der Waals surface area contributed by atoms with E-state index in [2.05, 4.69) is 24.3 Å². The van der Waals surface area contributed by atoms with Gasteiger partial charge in [0.15, 0.2) is 0 Å². The summed E-state index contributed by atoms with van der Waals surface area (Å²) in [6, 6.07) is 0. The smallest absolute Gasteiger partial charge is 0.333 e. The van der Waals surface area contributed by atoms with Gasteiger partial charge in [-0.15, -0.1) is 0 Å². The van der Waals surface area contributed by atoms with Crippen molar-refractivity contribution in [3.8, 4) is 0 Å². The Morgan fingerprint density at radius 2 is 2.07 bits per heavy atom. The Kier molecular flexibility index (Phi) is 7.90. The highest BCUT2D eigenvalue weighted by atomic mass is 16.5. The quantitative estimate of drug-likeness (QED) is 0.270. The van der Waals surface area contributed by atoms with Gasteiger partial charge >= 0.3 is 5.97 Å². The zero-order valence-corrected chi connectivity index (χ0v) is 9.21. The number of hydrogen-bond donors (Lipinski definition) is 0. The van der Waals surface area contributed by atoms with E-state index in [-0.39, 0.29) is 5.97 Å². The number of ether oxygens (including phenoxy) is 1. The van der Waals surface area contributed by atoms with Gasteiger partial charge in [-0.1, -0.05) is 38.5 Å². The molecule has 0 heterocycles. The molecule has 0 aliphatic rings. The van der Waals surface area contributed by atoms with E-state index in [4.69, 9.17) is 0 Å². The van der Waals surface area contributed by atoms with Gasteiger partial charge in [-0.05, 0) is 19.3 Å². The molecule has 2 heteroatoms. The van der Waals surface area contributed by atoms with Crippen LogP contribution in [0.25, 0.3) is 0 Å². The molecule has 0 aromatic carbocycles. The number of esters is 1. The van der Waals surface area contributed by atoms with Gasteiger partial charge in [0.2, 0.25) is 0 Å². The van der Waals surface area contributed by atoms with Crippen molar-refractivity contribution in [3.05, 3.63) is 24.3 Å². The summed E-state index contributed by atoms with van der Waals surface area (Å²) in [6.07, 6.45) is 9.49. The van der Waals surface area contributed by atoms with Crippen LogP contribution in [0.1, 0.15) is 39.0 Å². The Balaban J connectivity index is 3.51. The molecule has 14 heavy (non-hydrogen) atoms. The molecule has 0 rings (SSSR count). The van der Waals surface area contributed by atoms with Crippen LogP contribution < -0.4 is 0 Å². The van der Waals surface area contributed by atoms with E-state index in [0.29, 0.717) is 12.0 Å².